The Labute approximate surface area is 127 Å². The van der Waals surface area contributed by atoms with Gasteiger partial charge < -0.3 is 20.9 Å². The van der Waals surface area contributed by atoms with Gasteiger partial charge in [0.05, 0.1) is 0 Å². The van der Waals surface area contributed by atoms with Crippen LogP contribution in [0.4, 0.5) is 4.79 Å². The molecule has 21 heavy (non-hydrogen) atoms. The van der Waals surface area contributed by atoms with Crippen LogP contribution in [0.2, 0.25) is 0 Å². The van der Waals surface area contributed by atoms with Gasteiger partial charge >= 0.3 is 12.1 Å². The van der Waals surface area contributed by atoms with E-state index >= 15 is 0 Å². The van der Waals surface area contributed by atoms with E-state index in [2.05, 4.69) is 5.32 Å². The number of hydrogen-bond donors (Lipinski definition) is 3. The van der Waals surface area contributed by atoms with Gasteiger partial charge in [-0.1, -0.05) is 34.6 Å². The molecular formula is C15H30N2O4. The van der Waals surface area contributed by atoms with Crippen molar-refractivity contribution in [2.45, 2.75) is 73.1 Å². The predicted molar refractivity (Wildman–Crippen MR) is 82.0 cm³/mol. The summed E-state index contributed by atoms with van der Waals surface area (Å²) >= 11 is 0. The third-order valence-electron chi connectivity index (χ3n) is 3.34. The molecule has 0 heterocycles. The molecule has 0 aliphatic heterocycles. The van der Waals surface area contributed by atoms with E-state index in [1.807, 2.05) is 20.8 Å². The van der Waals surface area contributed by atoms with Gasteiger partial charge in [0.25, 0.3) is 0 Å². The van der Waals surface area contributed by atoms with E-state index in [1.54, 1.807) is 34.6 Å². The molecule has 0 aromatic rings. The molecule has 0 aromatic heterocycles. The molecule has 0 rings (SSSR count). The molecule has 0 spiro atoms. The van der Waals surface area contributed by atoms with Crippen molar-refractivity contribution in [3.63, 3.8) is 0 Å². The van der Waals surface area contributed by atoms with E-state index < -0.39 is 35.2 Å². The molecule has 6 heteroatoms. The van der Waals surface area contributed by atoms with Crippen molar-refractivity contribution >= 4 is 12.1 Å². The lowest BCUT2D eigenvalue weighted by molar-refractivity contribution is -0.142. The van der Waals surface area contributed by atoms with Crippen molar-refractivity contribution in [1.82, 2.24) is 5.32 Å². The fourth-order valence-electron chi connectivity index (χ4n) is 2.44. The largest absolute Gasteiger partial charge is 0.480 e. The highest BCUT2D eigenvalue weighted by Crippen LogP contribution is 2.36. The Bertz CT molecular complexity index is 391. The zero-order valence-corrected chi connectivity index (χ0v) is 14.4. The molecule has 0 saturated carbocycles. The van der Waals surface area contributed by atoms with Crippen molar-refractivity contribution in [3.05, 3.63) is 0 Å². The van der Waals surface area contributed by atoms with E-state index in [-0.39, 0.29) is 5.41 Å². The van der Waals surface area contributed by atoms with Crippen molar-refractivity contribution in [3.8, 4) is 0 Å². The van der Waals surface area contributed by atoms with Crippen LogP contribution in [0, 0.1) is 10.8 Å². The molecule has 6 nitrogen and oxygen atoms in total. The van der Waals surface area contributed by atoms with Gasteiger partial charge in [0.1, 0.15) is 11.6 Å². The Hall–Kier alpha value is -1.30. The lowest BCUT2D eigenvalue weighted by Crippen LogP contribution is -2.61. The summed E-state index contributed by atoms with van der Waals surface area (Å²) in [4.78, 5) is 23.3. The summed E-state index contributed by atoms with van der Waals surface area (Å²) in [5.41, 5.74) is 3.96. The van der Waals surface area contributed by atoms with Crippen LogP contribution in [0.3, 0.4) is 0 Å². The number of carboxylic acids is 1. The molecule has 0 aliphatic rings. The molecule has 124 valence electrons. The number of ether oxygens (including phenoxy) is 1. The second-order valence-electron chi connectivity index (χ2n) is 8.08. The van der Waals surface area contributed by atoms with E-state index in [9.17, 15) is 14.7 Å². The summed E-state index contributed by atoms with van der Waals surface area (Å²) < 4.78 is 5.26. The molecule has 1 amide bonds. The average molecular weight is 302 g/mol. The zero-order valence-electron chi connectivity index (χ0n) is 14.4. The second-order valence-corrected chi connectivity index (χ2v) is 8.08. The minimum absolute atomic E-state index is 0.381. The van der Waals surface area contributed by atoms with Crippen molar-refractivity contribution in [2.24, 2.45) is 16.6 Å². The standard InChI is InChI=1S/C15H30N2O4/c1-13(2,3)11(15(7,8)9(16)10(18)19)17-12(20)21-14(4,5)6/h9,11H,16H2,1-8H3,(H,17,20)(H,18,19). The van der Waals surface area contributed by atoms with Crippen LogP contribution in [0.1, 0.15) is 55.4 Å². The first-order valence-corrected chi connectivity index (χ1v) is 7.07. The fraction of sp³-hybridized carbons (Fsp3) is 0.867. The monoisotopic (exact) mass is 302 g/mol. The molecular weight excluding hydrogens is 272 g/mol. The topological polar surface area (TPSA) is 102 Å². The number of aliphatic carboxylic acids is 1. The minimum atomic E-state index is -1.10. The van der Waals surface area contributed by atoms with Gasteiger partial charge in [0.2, 0.25) is 0 Å². The van der Waals surface area contributed by atoms with E-state index in [1.165, 1.54) is 0 Å². The highest BCUT2D eigenvalue weighted by molar-refractivity contribution is 5.75. The summed E-state index contributed by atoms with van der Waals surface area (Å²) in [5.74, 6) is -1.10. The number of nitrogens with two attached hydrogens (primary N) is 1. The first-order chi connectivity index (χ1) is 9.09. The Balaban J connectivity index is 5.34. The van der Waals surface area contributed by atoms with E-state index in [0.29, 0.717) is 0 Å². The lowest BCUT2D eigenvalue weighted by Gasteiger charge is -2.45. The average Bonchev–Trinajstić information content (AvgIpc) is 2.20. The smallest absolute Gasteiger partial charge is 0.407 e. The van der Waals surface area contributed by atoms with Gasteiger partial charge in [0.15, 0.2) is 0 Å². The maximum Gasteiger partial charge on any atom is 0.407 e. The summed E-state index contributed by atoms with van der Waals surface area (Å²) in [6, 6.07) is -1.57. The van der Waals surface area contributed by atoms with Crippen LogP contribution < -0.4 is 11.1 Å². The molecule has 2 atom stereocenters. The minimum Gasteiger partial charge on any atom is -0.480 e. The zero-order chi connectivity index (χ0) is 17.2. The number of rotatable bonds is 4. The third-order valence-corrected chi connectivity index (χ3v) is 3.34. The van der Waals surface area contributed by atoms with Crippen LogP contribution in [0.5, 0.6) is 0 Å². The van der Waals surface area contributed by atoms with Gasteiger partial charge in [-0.3, -0.25) is 4.79 Å². The Morgan fingerprint density at radius 1 is 1.05 bits per heavy atom. The number of carboxylic acid groups (broad SMARTS) is 1. The first-order valence-electron chi connectivity index (χ1n) is 7.07. The second kappa shape index (κ2) is 6.22. The normalized spacial score (nSPS) is 16.0. The number of amides is 1. The van der Waals surface area contributed by atoms with Crippen LogP contribution in [0.25, 0.3) is 0 Å². The van der Waals surface area contributed by atoms with Crippen LogP contribution >= 0.6 is 0 Å². The van der Waals surface area contributed by atoms with Gasteiger partial charge in [-0.25, -0.2) is 4.79 Å². The number of nitrogens with one attached hydrogen (secondary N) is 1. The molecule has 4 N–H and O–H groups in total. The molecule has 0 aliphatic carbocycles. The first kappa shape index (κ1) is 19.7. The third kappa shape index (κ3) is 5.91. The summed E-state index contributed by atoms with van der Waals surface area (Å²) in [6.45, 7) is 14.5. The van der Waals surface area contributed by atoms with Crippen molar-refractivity contribution in [2.75, 3.05) is 0 Å². The molecule has 2 unspecified atom stereocenters. The van der Waals surface area contributed by atoms with Gasteiger partial charge in [-0.15, -0.1) is 0 Å². The molecule has 0 bridgehead atoms. The van der Waals surface area contributed by atoms with Crippen LogP contribution in [-0.2, 0) is 9.53 Å². The summed E-state index contributed by atoms with van der Waals surface area (Å²) in [5, 5.41) is 12.0. The highest BCUT2D eigenvalue weighted by atomic mass is 16.6. The van der Waals surface area contributed by atoms with E-state index in [4.69, 9.17) is 10.5 Å². The lowest BCUT2D eigenvalue weighted by atomic mass is 9.67. The maximum atomic E-state index is 12.0. The van der Waals surface area contributed by atoms with Gasteiger partial charge in [-0.05, 0) is 26.2 Å². The Kier molecular flexibility index (Phi) is 5.83. The molecule has 0 saturated heterocycles. The van der Waals surface area contributed by atoms with Crippen LogP contribution in [0.15, 0.2) is 0 Å². The summed E-state index contributed by atoms with van der Waals surface area (Å²) in [7, 11) is 0. The Morgan fingerprint density at radius 2 is 1.48 bits per heavy atom. The highest BCUT2D eigenvalue weighted by Gasteiger charge is 2.46. The number of carbonyl (C=O) groups is 2. The number of hydrogen-bond acceptors (Lipinski definition) is 4. The van der Waals surface area contributed by atoms with Crippen molar-refractivity contribution < 1.29 is 19.4 Å². The van der Waals surface area contributed by atoms with E-state index in [0.717, 1.165) is 0 Å². The predicted octanol–water partition coefficient (Wildman–Crippen LogP) is 2.36. The quantitative estimate of drug-likeness (QED) is 0.740. The van der Waals surface area contributed by atoms with Gasteiger partial charge in [-0.2, -0.15) is 0 Å². The van der Waals surface area contributed by atoms with Crippen molar-refractivity contribution in [1.29, 1.82) is 0 Å². The fourth-order valence-corrected chi connectivity index (χ4v) is 2.44. The maximum absolute atomic E-state index is 12.0. The number of carbonyl (C=O) groups excluding carboxylic acids is 1. The van der Waals surface area contributed by atoms with Crippen LogP contribution in [-0.4, -0.2) is 34.9 Å². The molecule has 0 fully saturated rings. The molecule has 0 radical (unpaired) electrons. The molecule has 0 aromatic carbocycles. The SMILES string of the molecule is CC(C)(C)OC(=O)NC(C(C)(C)C)C(C)(C)C(N)C(=O)O. The summed E-state index contributed by atoms with van der Waals surface area (Å²) in [6.07, 6.45) is -0.576. The Morgan fingerprint density at radius 3 is 1.76 bits per heavy atom. The number of alkyl carbamates (subject to hydrolysis) is 1. The van der Waals surface area contributed by atoms with Gasteiger partial charge in [0, 0.05) is 11.5 Å².